The van der Waals surface area contributed by atoms with Crippen LogP contribution in [0, 0.1) is 12.8 Å². The van der Waals surface area contributed by atoms with E-state index in [4.69, 9.17) is 9.47 Å². The summed E-state index contributed by atoms with van der Waals surface area (Å²) < 4.78 is 10.9. The van der Waals surface area contributed by atoms with E-state index in [-0.39, 0.29) is 18.5 Å². The van der Waals surface area contributed by atoms with E-state index >= 15 is 0 Å². The summed E-state index contributed by atoms with van der Waals surface area (Å²) in [6, 6.07) is 14.8. The predicted octanol–water partition coefficient (Wildman–Crippen LogP) is 3.44. The number of likely N-dealkylation sites (tertiary alicyclic amines) is 1. The number of urea groups is 1. The quantitative estimate of drug-likeness (QED) is 0.731. The Morgan fingerprint density at radius 1 is 1.03 bits per heavy atom. The minimum absolute atomic E-state index is 0.00497. The summed E-state index contributed by atoms with van der Waals surface area (Å²) in [5.74, 6) is 1.58. The van der Waals surface area contributed by atoms with E-state index in [9.17, 15) is 9.59 Å². The van der Waals surface area contributed by atoms with Gasteiger partial charge in [-0.2, -0.15) is 0 Å². The molecule has 7 nitrogen and oxygen atoms in total. The van der Waals surface area contributed by atoms with Gasteiger partial charge in [-0.1, -0.05) is 30.3 Å². The van der Waals surface area contributed by atoms with Crippen molar-refractivity contribution < 1.29 is 19.1 Å². The van der Waals surface area contributed by atoms with Crippen LogP contribution in [0.15, 0.2) is 48.5 Å². The molecule has 0 aromatic heterocycles. The molecule has 0 radical (unpaired) electrons. The number of piperidine rings is 1. The van der Waals surface area contributed by atoms with Gasteiger partial charge in [0.05, 0.1) is 12.8 Å². The van der Waals surface area contributed by atoms with E-state index in [0.717, 1.165) is 24.2 Å². The number of para-hydroxylation sites is 3. The van der Waals surface area contributed by atoms with Crippen LogP contribution in [0.25, 0.3) is 0 Å². The molecule has 0 bridgehead atoms. The summed E-state index contributed by atoms with van der Waals surface area (Å²) in [5, 5.41) is 5.85. The number of carbonyl (C=O) groups is 2. The highest BCUT2D eigenvalue weighted by molar-refractivity contribution is 5.91. The van der Waals surface area contributed by atoms with Crippen LogP contribution < -0.4 is 20.1 Å². The maximum atomic E-state index is 12.5. The van der Waals surface area contributed by atoms with Crippen molar-refractivity contribution in [1.82, 2.24) is 10.2 Å². The van der Waals surface area contributed by atoms with Gasteiger partial charge in [-0.05, 0) is 49.4 Å². The highest BCUT2D eigenvalue weighted by Crippen LogP contribution is 2.24. The number of anilines is 1. The third-order valence-electron chi connectivity index (χ3n) is 5.29. The number of amides is 3. The molecule has 30 heavy (non-hydrogen) atoms. The van der Waals surface area contributed by atoms with Gasteiger partial charge in [0, 0.05) is 19.6 Å². The van der Waals surface area contributed by atoms with Crippen LogP contribution in [0.1, 0.15) is 18.4 Å². The molecule has 1 aliphatic heterocycles. The summed E-state index contributed by atoms with van der Waals surface area (Å²) in [4.78, 5) is 26.4. The number of aryl methyl sites for hydroxylation is 1. The molecule has 7 heteroatoms. The Bertz CT molecular complexity index is 863. The molecule has 0 unspecified atom stereocenters. The Hall–Kier alpha value is -3.22. The lowest BCUT2D eigenvalue weighted by molar-refractivity contribution is -0.123. The largest absolute Gasteiger partial charge is 0.495 e. The normalized spacial score (nSPS) is 14.1. The van der Waals surface area contributed by atoms with Gasteiger partial charge in [0.25, 0.3) is 5.91 Å². The van der Waals surface area contributed by atoms with Gasteiger partial charge in [-0.3, -0.25) is 4.79 Å². The summed E-state index contributed by atoms with van der Waals surface area (Å²) in [5.41, 5.74) is 1.66. The summed E-state index contributed by atoms with van der Waals surface area (Å²) in [6.07, 6.45) is 1.69. The first kappa shape index (κ1) is 21.5. The Morgan fingerprint density at radius 2 is 1.70 bits per heavy atom. The zero-order valence-corrected chi connectivity index (χ0v) is 17.5. The van der Waals surface area contributed by atoms with Crippen molar-refractivity contribution in [3.05, 3.63) is 54.1 Å². The number of carbonyl (C=O) groups excluding carboxylic acids is 2. The van der Waals surface area contributed by atoms with E-state index in [1.165, 1.54) is 0 Å². The van der Waals surface area contributed by atoms with Crippen LogP contribution in [-0.4, -0.2) is 50.2 Å². The second-order valence-corrected chi connectivity index (χ2v) is 7.42. The fourth-order valence-electron chi connectivity index (χ4n) is 3.45. The Labute approximate surface area is 177 Å². The van der Waals surface area contributed by atoms with E-state index < -0.39 is 0 Å². The highest BCUT2D eigenvalue weighted by atomic mass is 16.5. The molecule has 3 amide bonds. The van der Waals surface area contributed by atoms with E-state index in [2.05, 4.69) is 10.6 Å². The number of nitrogens with one attached hydrogen (secondary N) is 2. The monoisotopic (exact) mass is 411 g/mol. The molecular weight excluding hydrogens is 382 g/mol. The average molecular weight is 412 g/mol. The Balaban J connectivity index is 1.37. The summed E-state index contributed by atoms with van der Waals surface area (Å²) >= 11 is 0. The molecular formula is C23H29N3O4. The minimum Gasteiger partial charge on any atom is -0.495 e. The number of methoxy groups -OCH3 is 1. The minimum atomic E-state index is -0.131. The van der Waals surface area contributed by atoms with Crippen LogP contribution in [0.4, 0.5) is 10.5 Å². The van der Waals surface area contributed by atoms with Gasteiger partial charge < -0.3 is 25.0 Å². The molecule has 1 fully saturated rings. The van der Waals surface area contributed by atoms with Crippen LogP contribution in [0.5, 0.6) is 11.5 Å². The number of rotatable bonds is 7. The van der Waals surface area contributed by atoms with Crippen molar-refractivity contribution in [2.24, 2.45) is 5.92 Å². The van der Waals surface area contributed by atoms with Crippen molar-refractivity contribution >= 4 is 17.6 Å². The van der Waals surface area contributed by atoms with Crippen LogP contribution in [0.2, 0.25) is 0 Å². The average Bonchev–Trinajstić information content (AvgIpc) is 2.78. The lowest BCUT2D eigenvalue weighted by Crippen LogP contribution is -2.43. The first-order valence-electron chi connectivity index (χ1n) is 10.2. The SMILES string of the molecule is COc1ccccc1NC(=O)N1CCC(CNC(=O)COc2ccccc2C)CC1. The molecule has 1 aliphatic rings. The zero-order chi connectivity index (χ0) is 21.3. The van der Waals surface area contributed by atoms with Crippen molar-refractivity contribution in [1.29, 1.82) is 0 Å². The van der Waals surface area contributed by atoms with Crippen molar-refractivity contribution in [2.45, 2.75) is 19.8 Å². The first-order chi connectivity index (χ1) is 14.6. The second kappa shape index (κ2) is 10.5. The highest BCUT2D eigenvalue weighted by Gasteiger charge is 2.23. The molecule has 0 atom stereocenters. The number of benzene rings is 2. The molecule has 1 heterocycles. The van der Waals surface area contributed by atoms with Crippen molar-refractivity contribution in [3.63, 3.8) is 0 Å². The number of hydrogen-bond acceptors (Lipinski definition) is 4. The van der Waals surface area contributed by atoms with E-state index in [1.807, 2.05) is 55.5 Å². The summed E-state index contributed by atoms with van der Waals surface area (Å²) in [6.45, 7) is 3.86. The van der Waals surface area contributed by atoms with Crippen LogP contribution in [-0.2, 0) is 4.79 Å². The maximum absolute atomic E-state index is 12.5. The predicted molar refractivity (Wildman–Crippen MR) is 116 cm³/mol. The number of hydrogen-bond donors (Lipinski definition) is 2. The van der Waals surface area contributed by atoms with Crippen molar-refractivity contribution in [3.8, 4) is 11.5 Å². The molecule has 3 rings (SSSR count). The molecule has 2 aromatic carbocycles. The number of ether oxygens (including phenoxy) is 2. The smallest absolute Gasteiger partial charge is 0.321 e. The van der Waals surface area contributed by atoms with Gasteiger partial charge >= 0.3 is 6.03 Å². The third kappa shape index (κ3) is 5.89. The first-order valence-corrected chi connectivity index (χ1v) is 10.2. The molecule has 160 valence electrons. The van der Waals surface area contributed by atoms with E-state index in [0.29, 0.717) is 37.0 Å². The van der Waals surface area contributed by atoms with Gasteiger partial charge in [0.15, 0.2) is 6.61 Å². The topological polar surface area (TPSA) is 79.9 Å². The fourth-order valence-corrected chi connectivity index (χ4v) is 3.45. The Kier molecular flexibility index (Phi) is 7.54. The molecule has 2 aromatic rings. The second-order valence-electron chi connectivity index (χ2n) is 7.42. The van der Waals surface area contributed by atoms with Crippen LogP contribution >= 0.6 is 0 Å². The van der Waals surface area contributed by atoms with Gasteiger partial charge in [0.1, 0.15) is 11.5 Å². The van der Waals surface area contributed by atoms with E-state index in [1.54, 1.807) is 12.0 Å². The maximum Gasteiger partial charge on any atom is 0.321 e. The van der Waals surface area contributed by atoms with Gasteiger partial charge in [0.2, 0.25) is 0 Å². The lowest BCUT2D eigenvalue weighted by atomic mass is 9.97. The fraction of sp³-hybridized carbons (Fsp3) is 0.391. The van der Waals surface area contributed by atoms with Crippen molar-refractivity contribution in [2.75, 3.05) is 38.7 Å². The van der Waals surface area contributed by atoms with Gasteiger partial charge in [-0.25, -0.2) is 4.79 Å². The number of nitrogens with zero attached hydrogens (tertiary/aromatic N) is 1. The molecule has 0 spiro atoms. The summed E-state index contributed by atoms with van der Waals surface area (Å²) in [7, 11) is 1.58. The third-order valence-corrected chi connectivity index (χ3v) is 5.29. The standard InChI is InChI=1S/C23H29N3O4/c1-17-7-3-5-9-20(17)30-16-22(27)24-15-18-11-13-26(14-12-18)23(28)25-19-8-4-6-10-21(19)29-2/h3-10,18H,11-16H2,1-2H3,(H,24,27)(H,25,28). The lowest BCUT2D eigenvalue weighted by Gasteiger charge is -2.32. The van der Waals surface area contributed by atoms with Crippen LogP contribution in [0.3, 0.4) is 0 Å². The zero-order valence-electron chi connectivity index (χ0n) is 17.5. The molecule has 0 saturated carbocycles. The molecule has 0 aliphatic carbocycles. The van der Waals surface area contributed by atoms with Gasteiger partial charge in [-0.15, -0.1) is 0 Å². The Morgan fingerprint density at radius 3 is 2.40 bits per heavy atom. The molecule has 1 saturated heterocycles. The molecule has 2 N–H and O–H groups in total.